The summed E-state index contributed by atoms with van der Waals surface area (Å²) in [5, 5.41) is 31.1. The van der Waals surface area contributed by atoms with Crippen LogP contribution in [0.2, 0.25) is 10.0 Å². The Kier molecular flexibility index (Phi) is 4.44. The number of hydrogen-bond donors (Lipinski definition) is 1. The summed E-state index contributed by atoms with van der Waals surface area (Å²) in [6.07, 6.45) is 0. The molecule has 0 saturated carbocycles. The molecule has 1 aromatic rings. The van der Waals surface area contributed by atoms with Crippen molar-refractivity contribution in [3.05, 3.63) is 32.3 Å². The number of nitro groups is 1. The van der Waals surface area contributed by atoms with Gasteiger partial charge in [0.05, 0.1) is 9.95 Å². The molecule has 0 heterocycles. The van der Waals surface area contributed by atoms with Crippen LogP contribution in [0.3, 0.4) is 0 Å². The van der Waals surface area contributed by atoms with Crippen molar-refractivity contribution in [2.24, 2.45) is 5.10 Å². The molecule has 0 aliphatic carbocycles. The Bertz CT molecular complexity index is 599. The van der Waals surface area contributed by atoms with Crippen LogP contribution >= 0.6 is 23.2 Å². The molecule has 1 aromatic carbocycles. The maximum atomic E-state index is 10.8. The van der Waals surface area contributed by atoms with Gasteiger partial charge in [0.25, 0.3) is 5.69 Å². The van der Waals surface area contributed by atoms with E-state index in [0.717, 1.165) is 6.07 Å². The first-order valence-corrected chi connectivity index (χ1v) is 5.02. The van der Waals surface area contributed by atoms with Gasteiger partial charge in [-0.15, -0.1) is 0 Å². The molecule has 1 rings (SSSR count). The van der Waals surface area contributed by atoms with Gasteiger partial charge in [-0.1, -0.05) is 23.2 Å². The maximum Gasteiger partial charge on any atom is 0.297 e. The molecule has 9 heteroatoms. The number of nitrogens with zero attached hydrogens (tertiary/aromatic N) is 4. The van der Waals surface area contributed by atoms with Crippen molar-refractivity contribution in [2.75, 3.05) is 5.43 Å². The van der Waals surface area contributed by atoms with Crippen LogP contribution in [0.4, 0.5) is 11.4 Å². The fraction of sp³-hybridized carbons (Fsp3) is 0. The predicted molar refractivity (Wildman–Crippen MR) is 65.4 cm³/mol. The average Bonchev–Trinajstić information content (AvgIpc) is 2.31. The molecule has 7 nitrogen and oxygen atoms in total. The van der Waals surface area contributed by atoms with Crippen LogP contribution in [0.25, 0.3) is 0 Å². The normalized spacial score (nSPS) is 8.89. The summed E-state index contributed by atoms with van der Waals surface area (Å²) in [7, 11) is 0. The van der Waals surface area contributed by atoms with E-state index in [1.807, 2.05) is 0 Å². The van der Waals surface area contributed by atoms with Gasteiger partial charge in [-0.3, -0.25) is 15.5 Å². The molecular weight excluding hydrogens is 281 g/mol. The number of rotatable bonds is 3. The lowest BCUT2D eigenvalue weighted by molar-refractivity contribution is -0.383. The first-order valence-electron chi connectivity index (χ1n) is 4.27. The molecule has 0 radical (unpaired) electrons. The monoisotopic (exact) mass is 283 g/mol. The van der Waals surface area contributed by atoms with Crippen LogP contribution in [-0.2, 0) is 0 Å². The van der Waals surface area contributed by atoms with Crippen molar-refractivity contribution < 1.29 is 4.92 Å². The molecule has 0 atom stereocenters. The predicted octanol–water partition coefficient (Wildman–Crippen LogP) is 2.72. The Hall–Kier alpha value is -2.35. The van der Waals surface area contributed by atoms with Crippen molar-refractivity contribution in [2.45, 2.75) is 0 Å². The summed E-state index contributed by atoms with van der Waals surface area (Å²) >= 11 is 11.4. The minimum absolute atomic E-state index is 0.0480. The Morgan fingerprint density at radius 1 is 1.39 bits per heavy atom. The van der Waals surface area contributed by atoms with E-state index in [1.54, 1.807) is 0 Å². The quantitative estimate of drug-likeness (QED) is 0.520. The lowest BCUT2D eigenvalue weighted by Gasteiger charge is -2.04. The standard InChI is InChI=1S/C9H3Cl2N5O2/c10-5-1-7(11)9(8(2-5)16(17)18)15-14-6(3-12)4-13/h1-2,15H. The van der Waals surface area contributed by atoms with Crippen molar-refractivity contribution in [3.63, 3.8) is 0 Å². The molecule has 18 heavy (non-hydrogen) atoms. The smallest absolute Gasteiger partial charge is 0.268 e. The maximum absolute atomic E-state index is 10.8. The zero-order valence-electron chi connectivity index (χ0n) is 8.52. The molecule has 0 amide bonds. The number of nitrogens with one attached hydrogen (secondary N) is 1. The van der Waals surface area contributed by atoms with Crippen LogP contribution in [0.1, 0.15) is 0 Å². The number of anilines is 1. The minimum atomic E-state index is -0.714. The molecule has 0 bridgehead atoms. The van der Waals surface area contributed by atoms with E-state index in [1.165, 1.54) is 18.2 Å². The highest BCUT2D eigenvalue weighted by atomic mass is 35.5. The van der Waals surface area contributed by atoms with E-state index in [-0.39, 0.29) is 15.7 Å². The molecule has 90 valence electrons. The van der Waals surface area contributed by atoms with Crippen molar-refractivity contribution >= 4 is 40.3 Å². The van der Waals surface area contributed by atoms with Gasteiger partial charge in [-0.25, -0.2) is 0 Å². The third-order valence-corrected chi connectivity index (χ3v) is 2.24. The van der Waals surface area contributed by atoms with Crippen LogP contribution in [0, 0.1) is 32.8 Å². The summed E-state index contributed by atoms with van der Waals surface area (Å²) in [6, 6.07) is 5.32. The fourth-order valence-electron chi connectivity index (χ4n) is 1.00. The molecule has 0 fully saturated rings. The summed E-state index contributed by atoms with van der Waals surface area (Å²) < 4.78 is 0. The van der Waals surface area contributed by atoms with Gasteiger partial charge < -0.3 is 0 Å². The number of hydrazone groups is 1. The molecule has 0 aliphatic rings. The van der Waals surface area contributed by atoms with Gasteiger partial charge in [0.15, 0.2) is 5.69 Å². The van der Waals surface area contributed by atoms with Crippen LogP contribution in [0.5, 0.6) is 0 Å². The molecule has 0 saturated heterocycles. The Labute approximate surface area is 111 Å². The second kappa shape index (κ2) is 5.82. The number of nitriles is 2. The Balaban J connectivity index is 3.26. The van der Waals surface area contributed by atoms with E-state index >= 15 is 0 Å². The number of hydrogen-bond acceptors (Lipinski definition) is 6. The van der Waals surface area contributed by atoms with Crippen LogP contribution < -0.4 is 5.43 Å². The van der Waals surface area contributed by atoms with Crippen molar-refractivity contribution in [1.29, 1.82) is 10.5 Å². The zero-order chi connectivity index (χ0) is 13.7. The zero-order valence-corrected chi connectivity index (χ0v) is 10.0. The molecule has 0 spiro atoms. The molecule has 0 aromatic heterocycles. The van der Waals surface area contributed by atoms with E-state index in [0.29, 0.717) is 0 Å². The SMILES string of the molecule is N#CC(C#N)=NNc1c(Cl)cc(Cl)cc1[N+](=O)[O-]. The van der Waals surface area contributed by atoms with Gasteiger partial charge in [-0.05, 0) is 6.07 Å². The van der Waals surface area contributed by atoms with Gasteiger partial charge in [0.2, 0.25) is 5.71 Å². The second-order valence-corrected chi connectivity index (χ2v) is 3.68. The highest BCUT2D eigenvalue weighted by Crippen LogP contribution is 2.35. The summed E-state index contributed by atoms with van der Waals surface area (Å²) in [5.74, 6) is 0. The minimum Gasteiger partial charge on any atom is -0.268 e. The topological polar surface area (TPSA) is 115 Å². The number of nitro benzene ring substituents is 1. The van der Waals surface area contributed by atoms with Gasteiger partial charge in [0, 0.05) is 11.1 Å². The molecule has 0 unspecified atom stereocenters. The third-order valence-electron chi connectivity index (χ3n) is 1.72. The second-order valence-electron chi connectivity index (χ2n) is 2.83. The summed E-state index contributed by atoms with van der Waals surface area (Å²) in [4.78, 5) is 10.1. The Morgan fingerprint density at radius 3 is 2.50 bits per heavy atom. The molecular formula is C9H3Cl2N5O2. The van der Waals surface area contributed by atoms with E-state index in [9.17, 15) is 10.1 Å². The van der Waals surface area contributed by atoms with Gasteiger partial charge in [-0.2, -0.15) is 15.6 Å². The first-order chi connectivity index (χ1) is 8.49. The largest absolute Gasteiger partial charge is 0.297 e. The lowest BCUT2D eigenvalue weighted by atomic mass is 10.3. The van der Waals surface area contributed by atoms with E-state index in [2.05, 4.69) is 10.5 Å². The van der Waals surface area contributed by atoms with Gasteiger partial charge in [0.1, 0.15) is 12.1 Å². The fourth-order valence-corrected chi connectivity index (χ4v) is 1.53. The third kappa shape index (κ3) is 3.08. The van der Waals surface area contributed by atoms with Gasteiger partial charge >= 0.3 is 0 Å². The van der Waals surface area contributed by atoms with Crippen LogP contribution in [-0.4, -0.2) is 10.6 Å². The molecule has 0 aliphatic heterocycles. The molecule has 1 N–H and O–H groups in total. The number of benzene rings is 1. The summed E-state index contributed by atoms with van der Waals surface area (Å²) in [6.45, 7) is 0. The average molecular weight is 284 g/mol. The Morgan fingerprint density at radius 2 is 2.00 bits per heavy atom. The highest BCUT2D eigenvalue weighted by molar-refractivity contribution is 6.37. The van der Waals surface area contributed by atoms with Crippen LogP contribution in [0.15, 0.2) is 17.2 Å². The van der Waals surface area contributed by atoms with Crippen molar-refractivity contribution in [3.8, 4) is 12.1 Å². The highest BCUT2D eigenvalue weighted by Gasteiger charge is 2.18. The lowest BCUT2D eigenvalue weighted by Crippen LogP contribution is -2.00. The van der Waals surface area contributed by atoms with E-state index < -0.39 is 16.3 Å². The summed E-state index contributed by atoms with van der Waals surface area (Å²) in [5.41, 5.74) is 1.16. The van der Waals surface area contributed by atoms with E-state index in [4.69, 9.17) is 33.7 Å². The van der Waals surface area contributed by atoms with Crippen molar-refractivity contribution in [1.82, 2.24) is 0 Å². The number of halogens is 2. The first kappa shape index (κ1) is 13.7.